The highest BCUT2D eigenvalue weighted by molar-refractivity contribution is 7.99. The van der Waals surface area contributed by atoms with Crippen molar-refractivity contribution >= 4 is 47.8 Å². The predicted octanol–water partition coefficient (Wildman–Crippen LogP) is 9.03. The zero-order valence-corrected chi connectivity index (χ0v) is 35.6. The Morgan fingerprint density at radius 1 is 0.920 bits per heavy atom. The number of phosphoric ester groups is 1. The van der Waals surface area contributed by atoms with E-state index in [1.54, 1.807) is 39.5 Å². The molecule has 3 atom stereocenters. The summed E-state index contributed by atoms with van der Waals surface area (Å²) in [5.74, 6) is 0.398. The monoisotopic (exact) mass is 765 g/mol. The van der Waals surface area contributed by atoms with Gasteiger partial charge in [0.25, 0.3) is 0 Å². The fraction of sp³-hybridized carbons (Fsp3) is 0.486. The van der Waals surface area contributed by atoms with Gasteiger partial charge in [0, 0.05) is 29.0 Å². The quantitative estimate of drug-likeness (QED) is 0.113. The van der Waals surface area contributed by atoms with Gasteiger partial charge in [-0.05, 0) is 86.9 Å². The zero-order valence-electron chi connectivity index (χ0n) is 31.1. The van der Waals surface area contributed by atoms with Crippen molar-refractivity contribution in [1.29, 1.82) is 0 Å². The number of carbonyl (C=O) groups excluding carboxylic acids is 1. The molecular formula is C37H53ClNO8PSSi. The Morgan fingerprint density at radius 2 is 1.56 bits per heavy atom. The fourth-order valence-electron chi connectivity index (χ4n) is 6.59. The third-order valence-electron chi connectivity index (χ3n) is 8.47. The minimum Gasteiger partial charge on any atom is -0.489 e. The number of nitrogens with one attached hydrogen (secondary N) is 1. The topological polar surface area (TPSA) is 102 Å². The summed E-state index contributed by atoms with van der Waals surface area (Å²) in [5, 5.41) is 3.76. The van der Waals surface area contributed by atoms with E-state index in [2.05, 4.69) is 5.32 Å². The summed E-state index contributed by atoms with van der Waals surface area (Å²) in [6.07, 6.45) is -0.232. The Kier molecular flexibility index (Phi) is 14.7. The van der Waals surface area contributed by atoms with Crippen molar-refractivity contribution in [1.82, 2.24) is 5.32 Å². The summed E-state index contributed by atoms with van der Waals surface area (Å²) in [5.41, 5.74) is -2.24. The van der Waals surface area contributed by atoms with Gasteiger partial charge in [0.05, 0.1) is 12.1 Å². The number of alkyl carbamates (subject to hydrolysis) is 1. The van der Waals surface area contributed by atoms with Crippen LogP contribution in [0.5, 0.6) is 5.75 Å². The second kappa shape index (κ2) is 17.4. The fourth-order valence-corrected chi connectivity index (χ4v) is 9.36. The van der Waals surface area contributed by atoms with Gasteiger partial charge in [0.2, 0.25) is 0 Å². The maximum atomic E-state index is 13.7. The SMILES string of the molecule is COP(=O)(OC)OC(C)(CO[SiH3])C(NC(=O)OC(C)(C)C)(C(C)Cc1ccc(Sc2cccc(OCc3ccccc3)c2)cc1Cl)C(C)(C)C. The van der Waals surface area contributed by atoms with Crippen molar-refractivity contribution < 1.29 is 36.8 Å². The van der Waals surface area contributed by atoms with E-state index >= 15 is 0 Å². The average molecular weight is 766 g/mol. The van der Waals surface area contributed by atoms with Crippen molar-refractivity contribution in [3.8, 4) is 5.75 Å². The molecule has 0 saturated carbocycles. The molecule has 0 fully saturated rings. The van der Waals surface area contributed by atoms with Crippen LogP contribution in [0, 0.1) is 11.3 Å². The lowest BCUT2D eigenvalue weighted by atomic mass is 9.57. The van der Waals surface area contributed by atoms with E-state index in [0.29, 0.717) is 28.5 Å². The molecule has 50 heavy (non-hydrogen) atoms. The van der Waals surface area contributed by atoms with E-state index in [-0.39, 0.29) is 12.5 Å². The number of carbonyl (C=O) groups is 1. The number of hydrogen-bond acceptors (Lipinski definition) is 9. The smallest absolute Gasteiger partial charge is 0.474 e. The molecule has 1 N–H and O–H groups in total. The molecule has 0 spiro atoms. The molecule has 0 bridgehead atoms. The third kappa shape index (κ3) is 10.8. The Morgan fingerprint density at radius 3 is 2.12 bits per heavy atom. The number of phosphoric acid groups is 1. The number of amides is 1. The molecule has 0 aliphatic carbocycles. The first-order chi connectivity index (χ1) is 23.3. The first-order valence-electron chi connectivity index (χ1n) is 16.5. The predicted molar refractivity (Wildman–Crippen MR) is 204 cm³/mol. The Bertz CT molecular complexity index is 1610. The number of ether oxygens (including phenoxy) is 2. The number of rotatable bonds is 16. The summed E-state index contributed by atoms with van der Waals surface area (Å²) in [6.45, 7) is 15.6. The summed E-state index contributed by atoms with van der Waals surface area (Å²) in [6, 6.07) is 23.9. The van der Waals surface area contributed by atoms with Crippen LogP contribution in [0.3, 0.4) is 0 Å². The van der Waals surface area contributed by atoms with E-state index in [1.165, 1.54) is 14.2 Å². The summed E-state index contributed by atoms with van der Waals surface area (Å²) < 4.78 is 48.0. The lowest BCUT2D eigenvalue weighted by Gasteiger charge is -2.58. The van der Waals surface area contributed by atoms with Crippen LogP contribution in [-0.4, -0.2) is 54.1 Å². The van der Waals surface area contributed by atoms with Crippen LogP contribution >= 0.6 is 31.2 Å². The Labute approximate surface area is 310 Å². The molecule has 3 unspecified atom stereocenters. The molecule has 3 rings (SSSR count). The molecule has 0 radical (unpaired) electrons. The van der Waals surface area contributed by atoms with Crippen LogP contribution < -0.4 is 10.1 Å². The van der Waals surface area contributed by atoms with Gasteiger partial charge in [0.1, 0.15) is 34.0 Å². The van der Waals surface area contributed by atoms with Gasteiger partial charge in [-0.25, -0.2) is 9.36 Å². The molecule has 0 saturated heterocycles. The van der Waals surface area contributed by atoms with Crippen LogP contribution in [0.1, 0.15) is 66.5 Å². The highest BCUT2D eigenvalue weighted by atomic mass is 35.5. The molecule has 1 amide bonds. The van der Waals surface area contributed by atoms with E-state index in [1.807, 2.05) is 100 Å². The minimum absolute atomic E-state index is 0.00915. The summed E-state index contributed by atoms with van der Waals surface area (Å²) in [4.78, 5) is 15.6. The molecule has 13 heteroatoms. The molecule has 0 aliphatic rings. The highest BCUT2D eigenvalue weighted by Crippen LogP contribution is 2.58. The van der Waals surface area contributed by atoms with Crippen molar-refractivity contribution in [3.63, 3.8) is 0 Å². The van der Waals surface area contributed by atoms with Crippen LogP contribution in [0.2, 0.25) is 5.02 Å². The summed E-state index contributed by atoms with van der Waals surface area (Å²) in [7, 11) is -1.21. The molecule has 0 aromatic heterocycles. The van der Waals surface area contributed by atoms with E-state index in [4.69, 9.17) is 39.1 Å². The number of halogens is 1. The van der Waals surface area contributed by atoms with Crippen LogP contribution in [0.25, 0.3) is 0 Å². The normalized spacial score (nSPS) is 15.5. The van der Waals surface area contributed by atoms with Crippen molar-refractivity contribution in [2.75, 3.05) is 20.8 Å². The van der Waals surface area contributed by atoms with Gasteiger partial charge in [-0.15, -0.1) is 0 Å². The summed E-state index contributed by atoms with van der Waals surface area (Å²) >= 11 is 8.57. The molecule has 0 aliphatic heterocycles. The molecular weight excluding hydrogens is 713 g/mol. The maximum absolute atomic E-state index is 13.7. The average Bonchev–Trinajstić information content (AvgIpc) is 3.03. The van der Waals surface area contributed by atoms with E-state index in [9.17, 15) is 9.36 Å². The molecule has 0 heterocycles. The van der Waals surface area contributed by atoms with E-state index < -0.39 is 36.1 Å². The largest absolute Gasteiger partial charge is 0.489 e. The first-order valence-corrected chi connectivity index (χ1v) is 19.9. The number of benzene rings is 3. The van der Waals surface area contributed by atoms with Crippen molar-refractivity contribution in [2.45, 2.75) is 94.9 Å². The molecule has 3 aromatic rings. The zero-order chi connectivity index (χ0) is 37.4. The second-order valence-corrected chi connectivity index (χ2v) is 18.4. The molecule has 9 nitrogen and oxygen atoms in total. The third-order valence-corrected chi connectivity index (χ3v) is 11.6. The first kappa shape index (κ1) is 42.1. The Hall–Kier alpha value is -2.34. The van der Waals surface area contributed by atoms with Gasteiger partial charge in [-0.1, -0.05) is 93.5 Å². The standard InChI is InChI=1S/C37H53ClNO8PSSi/c1-26(37(34(2,3)4,39-33(40)46-35(5,6)7)36(8,25-45-50)47-48(41,42-9)43-10)21-28-19-20-31(23-32(28)38)49-30-18-14-17-29(22-30)44-24-27-15-12-11-13-16-27/h11-20,22-23,26H,21,24-25H2,1-10,50H3,(H,39,40). The van der Waals surface area contributed by atoms with Crippen LogP contribution in [0.15, 0.2) is 82.6 Å². The van der Waals surface area contributed by atoms with Gasteiger partial charge in [-0.2, -0.15) is 0 Å². The number of hydrogen-bond donors (Lipinski definition) is 1. The van der Waals surface area contributed by atoms with Gasteiger partial charge in [-0.3, -0.25) is 13.6 Å². The van der Waals surface area contributed by atoms with Gasteiger partial charge in [0.15, 0.2) is 0 Å². The Balaban J connectivity index is 1.98. The maximum Gasteiger partial charge on any atom is 0.474 e. The van der Waals surface area contributed by atoms with Crippen molar-refractivity contribution in [2.24, 2.45) is 11.3 Å². The van der Waals surface area contributed by atoms with Crippen molar-refractivity contribution in [3.05, 3.63) is 88.9 Å². The second-order valence-electron chi connectivity index (χ2n) is 14.5. The minimum atomic E-state index is -4.07. The molecule has 3 aromatic carbocycles. The lowest BCUT2D eigenvalue weighted by Crippen LogP contribution is -2.75. The van der Waals surface area contributed by atoms with Crippen LogP contribution in [-0.2, 0) is 40.3 Å². The van der Waals surface area contributed by atoms with Crippen LogP contribution in [0.4, 0.5) is 4.79 Å². The van der Waals surface area contributed by atoms with Gasteiger partial charge < -0.3 is 19.2 Å². The molecule has 276 valence electrons. The highest BCUT2D eigenvalue weighted by Gasteiger charge is 2.63. The lowest BCUT2D eigenvalue weighted by molar-refractivity contribution is -0.129. The van der Waals surface area contributed by atoms with E-state index in [0.717, 1.165) is 26.7 Å². The van der Waals surface area contributed by atoms with Gasteiger partial charge >= 0.3 is 13.9 Å².